The fourth-order valence-corrected chi connectivity index (χ4v) is 1.89. The third kappa shape index (κ3) is 1.67. The lowest BCUT2D eigenvalue weighted by Crippen LogP contribution is -1.92. The summed E-state index contributed by atoms with van der Waals surface area (Å²) in [5.41, 5.74) is 1.86. The predicted octanol–water partition coefficient (Wildman–Crippen LogP) is 3.22. The van der Waals surface area contributed by atoms with Gasteiger partial charge in [-0.1, -0.05) is 31.2 Å². The molecule has 16 heavy (non-hydrogen) atoms. The van der Waals surface area contributed by atoms with E-state index < -0.39 is 0 Å². The molecule has 82 valence electrons. The first-order valence-electron chi connectivity index (χ1n) is 5.35. The van der Waals surface area contributed by atoms with Crippen molar-refractivity contribution in [3.05, 3.63) is 41.5 Å². The van der Waals surface area contributed by atoms with E-state index in [1.165, 1.54) is 5.56 Å². The molecule has 0 atom stereocenters. The van der Waals surface area contributed by atoms with Crippen LogP contribution >= 0.6 is 0 Å². The molecule has 2 heteroatoms. The SMILES string of the molecule is CCc1ccc2ccc(OC)c(C=O)c2c1. The summed E-state index contributed by atoms with van der Waals surface area (Å²) in [6, 6.07) is 9.99. The molecule has 0 aliphatic heterocycles. The van der Waals surface area contributed by atoms with Gasteiger partial charge in [0.25, 0.3) is 0 Å². The van der Waals surface area contributed by atoms with E-state index in [1.807, 2.05) is 18.2 Å². The number of hydrogen-bond donors (Lipinski definition) is 0. The van der Waals surface area contributed by atoms with Gasteiger partial charge in [-0.25, -0.2) is 0 Å². The maximum absolute atomic E-state index is 11.1. The highest BCUT2D eigenvalue weighted by molar-refractivity contribution is 6.01. The first kappa shape index (κ1) is 10.7. The number of hydrogen-bond acceptors (Lipinski definition) is 2. The minimum absolute atomic E-state index is 0.635. The van der Waals surface area contributed by atoms with Crippen molar-refractivity contribution in [1.82, 2.24) is 0 Å². The highest BCUT2D eigenvalue weighted by Gasteiger charge is 2.07. The molecule has 0 fully saturated rings. The van der Waals surface area contributed by atoms with Crippen molar-refractivity contribution in [3.63, 3.8) is 0 Å². The molecule has 2 nitrogen and oxygen atoms in total. The van der Waals surface area contributed by atoms with Crippen LogP contribution in [0.15, 0.2) is 30.3 Å². The van der Waals surface area contributed by atoms with E-state index in [4.69, 9.17) is 4.74 Å². The van der Waals surface area contributed by atoms with Gasteiger partial charge in [0.15, 0.2) is 6.29 Å². The van der Waals surface area contributed by atoms with Crippen LogP contribution in [-0.4, -0.2) is 13.4 Å². The number of aryl methyl sites for hydroxylation is 1. The molecule has 0 radical (unpaired) electrons. The van der Waals surface area contributed by atoms with Crippen LogP contribution in [0.4, 0.5) is 0 Å². The van der Waals surface area contributed by atoms with Crippen molar-refractivity contribution < 1.29 is 9.53 Å². The fraction of sp³-hybridized carbons (Fsp3) is 0.214. The van der Waals surface area contributed by atoms with Crippen molar-refractivity contribution >= 4 is 17.1 Å². The van der Waals surface area contributed by atoms with Crippen molar-refractivity contribution in [3.8, 4) is 5.75 Å². The van der Waals surface area contributed by atoms with E-state index in [-0.39, 0.29) is 0 Å². The summed E-state index contributed by atoms with van der Waals surface area (Å²) in [7, 11) is 1.58. The van der Waals surface area contributed by atoms with Crippen molar-refractivity contribution in [1.29, 1.82) is 0 Å². The number of aldehydes is 1. The van der Waals surface area contributed by atoms with E-state index in [2.05, 4.69) is 19.1 Å². The molecule has 0 saturated heterocycles. The second-order valence-electron chi connectivity index (χ2n) is 3.71. The number of carbonyl (C=O) groups is 1. The average molecular weight is 214 g/mol. The maximum Gasteiger partial charge on any atom is 0.154 e. The lowest BCUT2D eigenvalue weighted by atomic mass is 10.0. The predicted molar refractivity (Wildman–Crippen MR) is 65.3 cm³/mol. The lowest BCUT2D eigenvalue weighted by molar-refractivity contribution is 0.112. The van der Waals surface area contributed by atoms with Crippen LogP contribution in [0.25, 0.3) is 10.8 Å². The molecular weight excluding hydrogens is 200 g/mol. The topological polar surface area (TPSA) is 26.3 Å². The van der Waals surface area contributed by atoms with Gasteiger partial charge in [-0.3, -0.25) is 4.79 Å². The minimum Gasteiger partial charge on any atom is -0.496 e. The van der Waals surface area contributed by atoms with E-state index in [0.717, 1.165) is 23.5 Å². The molecule has 0 unspecified atom stereocenters. The summed E-state index contributed by atoms with van der Waals surface area (Å²) in [5, 5.41) is 2.04. The van der Waals surface area contributed by atoms with E-state index >= 15 is 0 Å². The molecule has 0 N–H and O–H groups in total. The Hall–Kier alpha value is -1.83. The van der Waals surface area contributed by atoms with Gasteiger partial charge in [-0.2, -0.15) is 0 Å². The van der Waals surface area contributed by atoms with Crippen LogP contribution < -0.4 is 4.74 Å². The zero-order valence-corrected chi connectivity index (χ0v) is 9.49. The van der Waals surface area contributed by atoms with Crippen LogP contribution in [-0.2, 0) is 6.42 Å². The average Bonchev–Trinajstić information content (AvgIpc) is 2.36. The Kier molecular flexibility index (Phi) is 2.91. The van der Waals surface area contributed by atoms with Gasteiger partial charge in [0.1, 0.15) is 5.75 Å². The maximum atomic E-state index is 11.1. The zero-order chi connectivity index (χ0) is 11.5. The first-order valence-corrected chi connectivity index (χ1v) is 5.35. The van der Waals surface area contributed by atoms with Crippen LogP contribution in [0.1, 0.15) is 22.8 Å². The van der Waals surface area contributed by atoms with E-state index in [9.17, 15) is 4.79 Å². The summed E-state index contributed by atoms with van der Waals surface area (Å²) in [5.74, 6) is 0.635. The Morgan fingerprint density at radius 3 is 2.62 bits per heavy atom. The number of methoxy groups -OCH3 is 1. The molecule has 0 aliphatic carbocycles. The van der Waals surface area contributed by atoms with E-state index in [0.29, 0.717) is 11.3 Å². The van der Waals surface area contributed by atoms with Crippen LogP contribution in [0.3, 0.4) is 0 Å². The molecule has 0 aromatic heterocycles. The molecule has 0 amide bonds. The summed E-state index contributed by atoms with van der Waals surface area (Å²) in [6.45, 7) is 2.10. The monoisotopic (exact) mass is 214 g/mol. The number of benzene rings is 2. The number of rotatable bonds is 3. The Morgan fingerprint density at radius 2 is 2.00 bits per heavy atom. The van der Waals surface area contributed by atoms with Gasteiger partial charge in [0.2, 0.25) is 0 Å². The van der Waals surface area contributed by atoms with E-state index in [1.54, 1.807) is 7.11 Å². The molecule has 0 bridgehead atoms. The highest BCUT2D eigenvalue weighted by Crippen LogP contribution is 2.27. The quantitative estimate of drug-likeness (QED) is 0.733. The van der Waals surface area contributed by atoms with Gasteiger partial charge in [-0.05, 0) is 28.8 Å². The van der Waals surface area contributed by atoms with Crippen molar-refractivity contribution in [2.75, 3.05) is 7.11 Å². The standard InChI is InChI=1S/C14H14O2/c1-3-10-4-5-11-6-7-14(16-2)13(9-15)12(11)8-10/h4-9H,3H2,1-2H3. The molecule has 2 aromatic rings. The largest absolute Gasteiger partial charge is 0.496 e. The Labute approximate surface area is 94.8 Å². The lowest BCUT2D eigenvalue weighted by Gasteiger charge is -2.08. The van der Waals surface area contributed by atoms with Gasteiger partial charge < -0.3 is 4.74 Å². The minimum atomic E-state index is 0.635. The Bertz CT molecular complexity index is 524. The summed E-state index contributed by atoms with van der Waals surface area (Å²) >= 11 is 0. The number of carbonyl (C=O) groups excluding carboxylic acids is 1. The highest BCUT2D eigenvalue weighted by atomic mass is 16.5. The molecule has 2 rings (SSSR count). The molecule has 2 aromatic carbocycles. The first-order chi connectivity index (χ1) is 7.80. The van der Waals surface area contributed by atoms with Gasteiger partial charge in [0, 0.05) is 0 Å². The zero-order valence-electron chi connectivity index (χ0n) is 9.49. The van der Waals surface area contributed by atoms with Crippen molar-refractivity contribution in [2.24, 2.45) is 0 Å². The van der Waals surface area contributed by atoms with Gasteiger partial charge in [0.05, 0.1) is 12.7 Å². The number of fused-ring (bicyclic) bond motifs is 1. The van der Waals surface area contributed by atoms with Gasteiger partial charge in [-0.15, -0.1) is 0 Å². The molecule has 0 spiro atoms. The summed E-state index contributed by atoms with van der Waals surface area (Å²) in [4.78, 5) is 11.1. The second kappa shape index (κ2) is 4.35. The molecule has 0 aliphatic rings. The third-order valence-corrected chi connectivity index (χ3v) is 2.83. The fourth-order valence-electron chi connectivity index (χ4n) is 1.89. The Balaban J connectivity index is 2.78. The summed E-state index contributed by atoms with van der Waals surface area (Å²) < 4.78 is 5.19. The normalized spacial score (nSPS) is 10.4. The van der Waals surface area contributed by atoms with Gasteiger partial charge >= 0.3 is 0 Å². The molecule has 0 heterocycles. The smallest absolute Gasteiger partial charge is 0.154 e. The van der Waals surface area contributed by atoms with Crippen LogP contribution in [0.5, 0.6) is 5.75 Å². The third-order valence-electron chi connectivity index (χ3n) is 2.83. The van der Waals surface area contributed by atoms with Crippen molar-refractivity contribution in [2.45, 2.75) is 13.3 Å². The number of ether oxygens (including phenoxy) is 1. The second-order valence-corrected chi connectivity index (χ2v) is 3.71. The molecular formula is C14H14O2. The Morgan fingerprint density at radius 1 is 1.25 bits per heavy atom. The van der Waals surface area contributed by atoms with Crippen LogP contribution in [0.2, 0.25) is 0 Å². The summed E-state index contributed by atoms with van der Waals surface area (Å²) in [6.07, 6.45) is 1.83. The van der Waals surface area contributed by atoms with Crippen LogP contribution in [0, 0.1) is 0 Å². The molecule has 0 saturated carbocycles.